The summed E-state index contributed by atoms with van der Waals surface area (Å²) >= 11 is 0. The first-order valence-corrected chi connectivity index (χ1v) is 17.1. The number of carbonyl (C=O) groups is 5. The Morgan fingerprint density at radius 1 is 0.667 bits per heavy atom. The van der Waals surface area contributed by atoms with Crippen molar-refractivity contribution in [3.8, 4) is 5.75 Å². The molecule has 4 N–H and O–H groups in total. The zero-order valence-corrected chi connectivity index (χ0v) is 31.9. The summed E-state index contributed by atoms with van der Waals surface area (Å²) in [6, 6.07) is 6.70. The third kappa shape index (κ3) is 22.6. The lowest BCUT2D eigenvalue weighted by Crippen LogP contribution is -2.52. The van der Waals surface area contributed by atoms with E-state index in [-0.39, 0.29) is 39.3 Å². The van der Waals surface area contributed by atoms with Crippen LogP contribution in [-0.4, -0.2) is 143 Å². The minimum Gasteiger partial charge on any atom is -0.494 e. The standard InChI is InChI=1S/C36H60N4O11/c1-34(2,3)49-31(45)23-38(21-29(41)42)16-17-40(25-33(47)51-36(7,8)9)27(19-26-11-13-28(14-12-26)48-18-10-15-37)20-39(22-30(43)44)24-32(46)50-35(4,5)6/h11-14,27H,10,15-25,37H2,1-9H3,(H,41,42)(H,43,44). The molecule has 1 rings (SSSR count). The molecule has 0 aliphatic carbocycles. The van der Waals surface area contributed by atoms with E-state index in [0.717, 1.165) is 5.56 Å². The van der Waals surface area contributed by atoms with Crippen LogP contribution in [0.1, 0.15) is 74.3 Å². The van der Waals surface area contributed by atoms with E-state index in [2.05, 4.69) is 0 Å². The lowest BCUT2D eigenvalue weighted by Gasteiger charge is -2.36. The molecule has 0 bridgehead atoms. The number of carboxylic acids is 2. The van der Waals surface area contributed by atoms with Gasteiger partial charge in [-0.15, -0.1) is 0 Å². The zero-order valence-electron chi connectivity index (χ0n) is 31.9. The van der Waals surface area contributed by atoms with Crippen molar-refractivity contribution in [2.75, 3.05) is 65.5 Å². The lowest BCUT2D eigenvalue weighted by molar-refractivity contribution is -0.159. The van der Waals surface area contributed by atoms with Crippen molar-refractivity contribution >= 4 is 29.8 Å². The third-order valence-corrected chi connectivity index (χ3v) is 6.72. The van der Waals surface area contributed by atoms with Crippen LogP contribution in [0.15, 0.2) is 24.3 Å². The quantitative estimate of drug-likeness (QED) is 0.0895. The van der Waals surface area contributed by atoms with E-state index in [1.54, 1.807) is 79.3 Å². The van der Waals surface area contributed by atoms with Crippen LogP contribution in [0.25, 0.3) is 0 Å². The highest BCUT2D eigenvalue weighted by atomic mass is 16.6. The molecule has 0 fully saturated rings. The highest BCUT2D eigenvalue weighted by Gasteiger charge is 2.30. The van der Waals surface area contributed by atoms with Gasteiger partial charge in [-0.1, -0.05) is 12.1 Å². The second kappa shape index (κ2) is 20.9. The number of nitrogens with zero attached hydrogens (tertiary/aromatic N) is 3. The fraction of sp³-hybridized carbons (Fsp3) is 0.694. The van der Waals surface area contributed by atoms with Gasteiger partial charge in [0, 0.05) is 25.7 Å². The van der Waals surface area contributed by atoms with Gasteiger partial charge in [-0.05, 0) is 99.4 Å². The summed E-state index contributed by atoms with van der Waals surface area (Å²) in [5.74, 6) is -3.49. The Morgan fingerprint density at radius 2 is 1.12 bits per heavy atom. The molecular weight excluding hydrogens is 664 g/mol. The minimum atomic E-state index is -1.17. The number of ether oxygens (including phenoxy) is 4. The van der Waals surface area contributed by atoms with Gasteiger partial charge in [0.1, 0.15) is 22.6 Å². The smallest absolute Gasteiger partial charge is 0.320 e. The molecule has 0 aliphatic rings. The van der Waals surface area contributed by atoms with Gasteiger partial charge in [0.2, 0.25) is 0 Å². The Labute approximate surface area is 302 Å². The molecule has 15 heteroatoms. The topological polar surface area (TPSA) is 198 Å². The summed E-state index contributed by atoms with van der Waals surface area (Å²) in [4.78, 5) is 67.2. The fourth-order valence-corrected chi connectivity index (χ4v) is 4.97. The molecule has 0 aliphatic heterocycles. The second-order valence-corrected chi connectivity index (χ2v) is 15.4. The van der Waals surface area contributed by atoms with Crippen molar-refractivity contribution in [3.63, 3.8) is 0 Å². The molecule has 0 radical (unpaired) electrons. The molecule has 1 aromatic rings. The average Bonchev–Trinajstić information content (AvgIpc) is 2.92. The summed E-state index contributed by atoms with van der Waals surface area (Å²) in [6.45, 7) is 14.6. The van der Waals surface area contributed by atoms with Crippen LogP contribution in [-0.2, 0) is 44.6 Å². The largest absolute Gasteiger partial charge is 0.494 e. The van der Waals surface area contributed by atoms with Crippen LogP contribution in [0.4, 0.5) is 0 Å². The van der Waals surface area contributed by atoms with Crippen molar-refractivity contribution in [2.45, 2.75) is 98.0 Å². The van der Waals surface area contributed by atoms with E-state index in [1.807, 2.05) is 12.1 Å². The SMILES string of the molecule is CC(C)(C)OC(=O)CN(CCN(CC(=O)OC(C)(C)C)C(Cc1ccc(OCCCN)cc1)CN(CC(=O)O)CC(=O)OC(C)(C)C)CC(=O)O. The van der Waals surface area contributed by atoms with Crippen LogP contribution < -0.4 is 10.5 Å². The first kappa shape index (κ1) is 45.2. The summed E-state index contributed by atoms with van der Waals surface area (Å²) in [7, 11) is 0. The minimum absolute atomic E-state index is 0.00802. The van der Waals surface area contributed by atoms with E-state index in [9.17, 15) is 34.2 Å². The third-order valence-electron chi connectivity index (χ3n) is 6.72. The number of aliphatic carboxylic acids is 2. The number of nitrogens with two attached hydrogens (primary N) is 1. The number of esters is 3. The molecule has 0 heterocycles. The maximum atomic E-state index is 13.3. The van der Waals surface area contributed by atoms with Gasteiger partial charge in [0.15, 0.2) is 0 Å². The highest BCUT2D eigenvalue weighted by Crippen LogP contribution is 2.18. The Kier molecular flexibility index (Phi) is 18.5. The van der Waals surface area contributed by atoms with Gasteiger partial charge < -0.3 is 34.9 Å². The van der Waals surface area contributed by atoms with Gasteiger partial charge in [-0.25, -0.2) is 0 Å². The molecule has 1 aromatic carbocycles. The van der Waals surface area contributed by atoms with Crippen molar-refractivity contribution in [1.29, 1.82) is 0 Å². The number of carbonyl (C=O) groups excluding carboxylic acids is 3. The Hall–Kier alpha value is -3.79. The van der Waals surface area contributed by atoms with Crippen LogP contribution in [0.5, 0.6) is 5.75 Å². The van der Waals surface area contributed by atoms with Crippen LogP contribution in [0, 0.1) is 0 Å². The van der Waals surface area contributed by atoms with Gasteiger partial charge in [-0.2, -0.15) is 0 Å². The number of benzene rings is 1. The maximum absolute atomic E-state index is 13.3. The first-order valence-electron chi connectivity index (χ1n) is 17.1. The van der Waals surface area contributed by atoms with Crippen LogP contribution in [0.2, 0.25) is 0 Å². The van der Waals surface area contributed by atoms with E-state index < -0.39 is 65.8 Å². The number of carboxylic acid groups (broad SMARTS) is 2. The van der Waals surface area contributed by atoms with Gasteiger partial charge in [-0.3, -0.25) is 38.7 Å². The lowest BCUT2D eigenvalue weighted by atomic mass is 10.0. The predicted molar refractivity (Wildman–Crippen MR) is 190 cm³/mol. The molecule has 51 heavy (non-hydrogen) atoms. The van der Waals surface area contributed by atoms with Crippen molar-refractivity contribution in [1.82, 2.24) is 14.7 Å². The molecule has 15 nitrogen and oxygen atoms in total. The van der Waals surface area contributed by atoms with Gasteiger partial charge in [0.05, 0.1) is 39.3 Å². The number of hydrogen-bond acceptors (Lipinski definition) is 13. The molecule has 0 saturated carbocycles. The summed E-state index contributed by atoms with van der Waals surface area (Å²) in [6.07, 6.45) is 0.981. The first-order chi connectivity index (χ1) is 23.4. The van der Waals surface area contributed by atoms with Crippen LogP contribution in [0.3, 0.4) is 0 Å². The number of hydrogen-bond donors (Lipinski definition) is 3. The zero-order chi connectivity index (χ0) is 39.0. The van der Waals surface area contributed by atoms with Crippen LogP contribution >= 0.6 is 0 Å². The maximum Gasteiger partial charge on any atom is 0.320 e. The van der Waals surface area contributed by atoms with E-state index >= 15 is 0 Å². The molecule has 0 amide bonds. The van der Waals surface area contributed by atoms with Crippen molar-refractivity contribution in [2.24, 2.45) is 5.73 Å². The molecule has 0 spiro atoms. The Bertz CT molecular complexity index is 1270. The van der Waals surface area contributed by atoms with E-state index in [4.69, 9.17) is 24.7 Å². The molecule has 1 unspecified atom stereocenters. The van der Waals surface area contributed by atoms with Crippen molar-refractivity contribution in [3.05, 3.63) is 29.8 Å². The van der Waals surface area contributed by atoms with Gasteiger partial charge in [0.25, 0.3) is 0 Å². The van der Waals surface area contributed by atoms with Gasteiger partial charge >= 0.3 is 29.8 Å². The average molecular weight is 725 g/mol. The molecule has 0 saturated heterocycles. The van der Waals surface area contributed by atoms with E-state index in [0.29, 0.717) is 31.7 Å². The fourth-order valence-electron chi connectivity index (χ4n) is 4.97. The highest BCUT2D eigenvalue weighted by molar-refractivity contribution is 5.75. The van der Waals surface area contributed by atoms with E-state index in [1.165, 1.54) is 9.80 Å². The molecule has 290 valence electrons. The van der Waals surface area contributed by atoms with Crippen molar-refractivity contribution < 1.29 is 53.1 Å². The Balaban J connectivity index is 3.58. The molecule has 1 atom stereocenters. The Morgan fingerprint density at radius 3 is 1.57 bits per heavy atom. The second-order valence-electron chi connectivity index (χ2n) is 15.4. The monoisotopic (exact) mass is 724 g/mol. The summed E-state index contributed by atoms with van der Waals surface area (Å²) < 4.78 is 22.3. The summed E-state index contributed by atoms with van der Waals surface area (Å²) in [5.41, 5.74) is 4.00. The predicted octanol–water partition coefficient (Wildman–Crippen LogP) is 2.43. The molecular formula is C36H60N4O11. The normalized spacial score (nSPS) is 12.9. The number of rotatable bonds is 22. The molecule has 0 aromatic heterocycles. The summed E-state index contributed by atoms with van der Waals surface area (Å²) in [5, 5.41) is 19.4.